The molecule has 4 aliphatic rings. The number of nitrogens with zero attached hydrogens (tertiary/aromatic N) is 5. The number of carbonyl (C=O) groups excluding carboxylic acids is 3. The van der Waals surface area contributed by atoms with Gasteiger partial charge in [0.1, 0.15) is 18.1 Å². The monoisotopic (exact) mass is 824 g/mol. The Kier molecular flexibility index (Phi) is 13.8. The first-order valence-electron chi connectivity index (χ1n) is 21.8. The molecule has 2 bridgehead atoms. The highest BCUT2D eigenvalue weighted by Crippen LogP contribution is 2.46. The third-order valence-corrected chi connectivity index (χ3v) is 13.9. The first kappa shape index (κ1) is 45.3. The molecule has 1 aromatic heterocycles. The highest BCUT2D eigenvalue weighted by atomic mass is 16.7. The summed E-state index contributed by atoms with van der Waals surface area (Å²) >= 11 is 0. The fourth-order valence-corrected chi connectivity index (χ4v) is 11.0. The number of hydrogen-bond acceptors (Lipinski definition) is 13. The van der Waals surface area contributed by atoms with Crippen molar-refractivity contribution in [1.29, 1.82) is 0 Å². The maximum atomic E-state index is 14.4. The van der Waals surface area contributed by atoms with Crippen LogP contribution in [0.3, 0.4) is 0 Å². The van der Waals surface area contributed by atoms with Crippen molar-refractivity contribution in [1.82, 2.24) is 24.8 Å². The zero-order valence-electron chi connectivity index (χ0n) is 37.0. The number of aryl methyl sites for hydroxylation is 1. The topological polar surface area (TPSA) is 154 Å². The first-order valence-corrected chi connectivity index (χ1v) is 21.8. The Morgan fingerprint density at radius 1 is 1.03 bits per heavy atom. The van der Waals surface area contributed by atoms with E-state index in [0.29, 0.717) is 32.6 Å². The summed E-state index contributed by atoms with van der Waals surface area (Å²) in [6.45, 7) is 18.5. The molecule has 4 saturated heterocycles. The highest BCUT2D eigenvalue weighted by molar-refractivity contribution is 6.00. The number of amides is 1. The summed E-state index contributed by atoms with van der Waals surface area (Å²) in [6, 6.07) is 9.12. The number of aliphatic hydroxyl groups is 2. The zero-order valence-corrected chi connectivity index (χ0v) is 37.0. The number of pyridine rings is 1. The molecule has 0 aliphatic carbocycles. The van der Waals surface area contributed by atoms with Gasteiger partial charge in [0.15, 0.2) is 17.7 Å². The van der Waals surface area contributed by atoms with Crippen molar-refractivity contribution in [2.75, 3.05) is 33.9 Å². The van der Waals surface area contributed by atoms with E-state index in [9.17, 15) is 24.6 Å². The summed E-state index contributed by atoms with van der Waals surface area (Å²) in [6.07, 6.45) is -0.469. The van der Waals surface area contributed by atoms with Gasteiger partial charge in [-0.2, -0.15) is 0 Å². The Bertz CT molecular complexity index is 1810. The number of benzene rings is 1. The van der Waals surface area contributed by atoms with E-state index in [1.165, 1.54) is 12.5 Å². The normalized spacial score (nSPS) is 39.2. The van der Waals surface area contributed by atoms with Crippen LogP contribution in [0.4, 0.5) is 4.79 Å². The van der Waals surface area contributed by atoms with E-state index in [1.807, 2.05) is 64.2 Å². The molecular formula is C45H69N5O9. The summed E-state index contributed by atoms with van der Waals surface area (Å²) in [5.74, 6) is -3.85. The minimum atomic E-state index is -1.63. The quantitative estimate of drug-likeness (QED) is 0.257. The molecule has 14 heteroatoms. The number of aromatic nitrogens is 1. The number of likely N-dealkylation sites (N-methyl/N-ethyl adjacent to an activating group) is 1. The number of carbonyl (C=O) groups is 3. The predicted molar refractivity (Wildman–Crippen MR) is 223 cm³/mol. The number of fused-ring (bicyclic) bond motifs is 2. The molecule has 5 heterocycles. The Labute approximate surface area is 350 Å². The Morgan fingerprint density at radius 2 is 1.75 bits per heavy atom. The lowest BCUT2D eigenvalue weighted by Crippen LogP contribution is -2.61. The smallest absolute Gasteiger partial charge is 0.425 e. The van der Waals surface area contributed by atoms with Gasteiger partial charge in [0, 0.05) is 36.1 Å². The molecule has 14 nitrogen and oxygen atoms in total. The van der Waals surface area contributed by atoms with Gasteiger partial charge < -0.3 is 34.1 Å². The fraction of sp³-hybridized carbons (Fsp3) is 0.733. The molecule has 14 atom stereocenters. The molecule has 0 radical (unpaired) electrons. The van der Waals surface area contributed by atoms with Crippen LogP contribution in [0.25, 0.3) is 10.9 Å². The number of Topliss-reactive ketones (excluding diaryl/α,β-unsaturated/α-hetero) is 1. The molecule has 1 amide bonds. The van der Waals surface area contributed by atoms with Crippen LogP contribution in [-0.4, -0.2) is 147 Å². The van der Waals surface area contributed by atoms with Crippen LogP contribution >= 0.6 is 0 Å². The summed E-state index contributed by atoms with van der Waals surface area (Å²) in [5.41, 5.74) is -0.770. The summed E-state index contributed by atoms with van der Waals surface area (Å²) in [5, 5.41) is 29.2. The number of hydrazine groups is 1. The molecule has 0 saturated carbocycles. The molecule has 59 heavy (non-hydrogen) atoms. The molecular weight excluding hydrogens is 755 g/mol. The van der Waals surface area contributed by atoms with Crippen LogP contribution in [0.15, 0.2) is 36.5 Å². The molecule has 2 aromatic rings. The second kappa shape index (κ2) is 18.0. The second-order valence-electron chi connectivity index (χ2n) is 18.5. The van der Waals surface area contributed by atoms with E-state index in [0.717, 1.165) is 23.7 Å². The summed E-state index contributed by atoms with van der Waals surface area (Å²) < 4.78 is 25.4. The Morgan fingerprint density at radius 3 is 2.42 bits per heavy atom. The lowest BCUT2D eigenvalue weighted by molar-refractivity contribution is -0.293. The molecule has 6 rings (SSSR count). The predicted octanol–water partition coefficient (Wildman–Crippen LogP) is 5.03. The number of ether oxygens (including phenoxy) is 4. The van der Waals surface area contributed by atoms with Crippen molar-refractivity contribution >= 4 is 28.7 Å². The van der Waals surface area contributed by atoms with Gasteiger partial charge in [-0.05, 0) is 110 Å². The van der Waals surface area contributed by atoms with Crippen LogP contribution in [0.1, 0.15) is 93.6 Å². The molecule has 4 fully saturated rings. The largest absolute Gasteiger partial charge is 0.458 e. The third kappa shape index (κ3) is 8.78. The molecule has 0 spiro atoms. The summed E-state index contributed by atoms with van der Waals surface area (Å²) in [4.78, 5) is 51.6. The molecule has 4 aliphatic heterocycles. The van der Waals surface area contributed by atoms with Gasteiger partial charge in [0.2, 0.25) is 0 Å². The number of aliphatic hydroxyl groups excluding tert-OH is 1. The standard InChI is InChI=1S/C45H69N5O9/c1-12-35-45(9)39-28(5)36(48(13-2)25-49(50(39)43(54)59-45)22-16-17-31-20-21-46-33-19-15-14-18-32(31)33)26(3)24-44(8,55)40(29(6)37(51)30(7)41(53)57-35)58-42-38(52)34(47(10)11)23-27(4)56-42/h14-15,18-21,26-30,34-36,38-40,42,52,55H,12-13,16-17,22-25H2,1-11H3/t26-,27-,28+,29+,30-,34+,35-,36?,38-,39-,40-,42+,44+,45-/m1/s1. The Balaban J connectivity index is 1.39. The van der Waals surface area contributed by atoms with Crippen LogP contribution in [0.5, 0.6) is 0 Å². The fourth-order valence-electron chi connectivity index (χ4n) is 11.0. The van der Waals surface area contributed by atoms with Crippen molar-refractivity contribution in [3.05, 3.63) is 42.1 Å². The average Bonchev–Trinajstić information content (AvgIpc) is 3.38. The van der Waals surface area contributed by atoms with E-state index in [4.69, 9.17) is 18.9 Å². The van der Waals surface area contributed by atoms with E-state index < -0.39 is 71.5 Å². The van der Waals surface area contributed by atoms with Gasteiger partial charge in [-0.1, -0.05) is 52.8 Å². The van der Waals surface area contributed by atoms with Crippen LogP contribution in [0.2, 0.25) is 0 Å². The van der Waals surface area contributed by atoms with Gasteiger partial charge in [0.05, 0.1) is 36.0 Å². The van der Waals surface area contributed by atoms with Gasteiger partial charge >= 0.3 is 12.1 Å². The number of hydrogen-bond donors (Lipinski definition) is 2. The maximum absolute atomic E-state index is 14.4. The lowest BCUT2D eigenvalue weighted by Gasteiger charge is -2.48. The minimum Gasteiger partial charge on any atom is -0.458 e. The highest BCUT2D eigenvalue weighted by Gasteiger charge is 2.63. The van der Waals surface area contributed by atoms with Crippen molar-refractivity contribution in [3.63, 3.8) is 0 Å². The molecule has 328 valence electrons. The third-order valence-electron chi connectivity index (χ3n) is 13.9. The van der Waals surface area contributed by atoms with Gasteiger partial charge in [0.25, 0.3) is 0 Å². The van der Waals surface area contributed by atoms with Crippen molar-refractivity contribution in [3.8, 4) is 0 Å². The number of cyclic esters (lactones) is 1. The number of esters is 1. The maximum Gasteiger partial charge on any atom is 0.425 e. The number of ketones is 1. The van der Waals surface area contributed by atoms with Crippen LogP contribution in [0, 0.1) is 23.7 Å². The SMILES string of the molecule is CC[C@H]1OC(=O)[C@H](C)C(=O)[C@H](C)[C@@H](O[C@@H]2O[C@H](C)C[C@H](N(C)C)[C@H]2O)[C@@](C)(O)C[C@@H](C)C2[C@H](C)[C@H]3N(C(=O)O[C@]13C)N(CCCc1ccnc3ccccc13)CN2CC. The van der Waals surface area contributed by atoms with Crippen LogP contribution < -0.4 is 0 Å². The van der Waals surface area contributed by atoms with E-state index in [1.54, 1.807) is 18.9 Å². The summed E-state index contributed by atoms with van der Waals surface area (Å²) in [7, 11) is 3.77. The Hall–Kier alpha value is -3.24. The van der Waals surface area contributed by atoms with E-state index in [-0.39, 0.29) is 36.4 Å². The van der Waals surface area contributed by atoms with Crippen molar-refractivity contribution in [2.24, 2.45) is 23.7 Å². The average molecular weight is 824 g/mol. The zero-order chi connectivity index (χ0) is 43.1. The molecule has 1 aromatic carbocycles. The van der Waals surface area contributed by atoms with Crippen molar-refractivity contribution < 1.29 is 43.5 Å². The van der Waals surface area contributed by atoms with Crippen LogP contribution in [-0.2, 0) is 35.0 Å². The first-order chi connectivity index (χ1) is 27.8. The van der Waals surface area contributed by atoms with Gasteiger partial charge in [-0.15, -0.1) is 0 Å². The van der Waals surface area contributed by atoms with E-state index in [2.05, 4.69) is 47.8 Å². The number of para-hydroxylation sites is 1. The minimum absolute atomic E-state index is 0.196. The van der Waals surface area contributed by atoms with Crippen molar-refractivity contribution in [2.45, 2.75) is 154 Å². The molecule has 2 N–H and O–H groups in total. The van der Waals surface area contributed by atoms with Gasteiger partial charge in [-0.25, -0.2) is 14.8 Å². The van der Waals surface area contributed by atoms with Gasteiger partial charge in [-0.3, -0.25) is 19.5 Å². The molecule has 1 unspecified atom stereocenters. The number of rotatable bonds is 9. The lowest BCUT2D eigenvalue weighted by atomic mass is 9.71. The second-order valence-corrected chi connectivity index (χ2v) is 18.5. The van der Waals surface area contributed by atoms with E-state index >= 15 is 0 Å².